The first-order valence-electron chi connectivity index (χ1n) is 18.0. The first-order valence-corrected chi connectivity index (χ1v) is 18.0. The van der Waals surface area contributed by atoms with Crippen LogP contribution >= 0.6 is 0 Å². The minimum Gasteiger partial charge on any atom is -0.0622 e. The molecule has 0 amide bonds. The maximum Gasteiger partial charge on any atom is -0.00141 e. The lowest BCUT2D eigenvalue weighted by atomic mass is 9.81. The lowest BCUT2D eigenvalue weighted by molar-refractivity contribution is 1.58. The Morgan fingerprint density at radius 1 is 0.212 bits per heavy atom. The van der Waals surface area contributed by atoms with Crippen molar-refractivity contribution < 1.29 is 0 Å². The van der Waals surface area contributed by atoms with Crippen molar-refractivity contribution in [1.82, 2.24) is 0 Å². The van der Waals surface area contributed by atoms with Crippen LogP contribution in [0.1, 0.15) is 0 Å². The SMILES string of the molecule is c1ccc(-c2ccc(-c3c4ccccc4c(-c4cc5ccccc5cc4-c4ccccc4)c4ccc5ccccc5c34)cc2-c2ccccc2)cc1. The lowest BCUT2D eigenvalue weighted by Gasteiger charge is -2.22. The predicted molar refractivity (Wildman–Crippen MR) is 224 cm³/mol. The molecule has 0 atom stereocenters. The summed E-state index contributed by atoms with van der Waals surface area (Å²) in [4.78, 5) is 0. The Balaban J connectivity index is 1.36. The van der Waals surface area contributed by atoms with Gasteiger partial charge in [-0.25, -0.2) is 0 Å². The lowest BCUT2D eigenvalue weighted by Crippen LogP contribution is -1.95. The van der Waals surface area contributed by atoms with Gasteiger partial charge in [-0.1, -0.05) is 188 Å². The first-order chi connectivity index (χ1) is 25.8. The quantitative estimate of drug-likeness (QED) is 0.128. The van der Waals surface area contributed by atoms with E-state index in [0.717, 1.165) is 0 Å². The van der Waals surface area contributed by atoms with Crippen molar-refractivity contribution in [3.63, 3.8) is 0 Å². The molecule has 242 valence electrons. The zero-order valence-electron chi connectivity index (χ0n) is 28.6. The van der Waals surface area contributed by atoms with E-state index in [4.69, 9.17) is 0 Å². The molecule has 0 unspecified atom stereocenters. The molecule has 0 aliphatic heterocycles. The highest BCUT2D eigenvalue weighted by molar-refractivity contribution is 6.29. The first kappa shape index (κ1) is 30.1. The molecule has 10 aromatic carbocycles. The smallest absolute Gasteiger partial charge is 0.00141 e. The average molecular weight is 659 g/mol. The van der Waals surface area contributed by atoms with Gasteiger partial charge >= 0.3 is 0 Å². The summed E-state index contributed by atoms with van der Waals surface area (Å²) < 4.78 is 0. The molecule has 0 saturated carbocycles. The Bertz CT molecular complexity index is 2920. The second-order valence-electron chi connectivity index (χ2n) is 13.6. The van der Waals surface area contributed by atoms with Gasteiger partial charge in [-0.05, 0) is 117 Å². The molecule has 0 nitrogen and oxygen atoms in total. The van der Waals surface area contributed by atoms with Crippen LogP contribution in [-0.2, 0) is 0 Å². The van der Waals surface area contributed by atoms with Gasteiger partial charge in [0, 0.05) is 0 Å². The number of benzene rings is 10. The van der Waals surface area contributed by atoms with Crippen molar-refractivity contribution in [2.24, 2.45) is 0 Å². The molecule has 0 aromatic heterocycles. The zero-order chi connectivity index (χ0) is 34.4. The van der Waals surface area contributed by atoms with Gasteiger partial charge in [-0.2, -0.15) is 0 Å². The van der Waals surface area contributed by atoms with Crippen LogP contribution in [-0.4, -0.2) is 0 Å². The number of hydrogen-bond donors (Lipinski definition) is 0. The van der Waals surface area contributed by atoms with Gasteiger partial charge in [0.05, 0.1) is 0 Å². The van der Waals surface area contributed by atoms with Crippen LogP contribution in [0.4, 0.5) is 0 Å². The van der Waals surface area contributed by atoms with E-state index in [9.17, 15) is 0 Å². The van der Waals surface area contributed by atoms with E-state index in [-0.39, 0.29) is 0 Å². The van der Waals surface area contributed by atoms with Gasteiger partial charge in [0.2, 0.25) is 0 Å². The molecule has 0 bridgehead atoms. The van der Waals surface area contributed by atoms with Gasteiger partial charge in [-0.3, -0.25) is 0 Å². The van der Waals surface area contributed by atoms with Crippen LogP contribution in [0.3, 0.4) is 0 Å². The number of hydrogen-bond acceptors (Lipinski definition) is 0. The van der Waals surface area contributed by atoms with Gasteiger partial charge in [0.1, 0.15) is 0 Å². The third-order valence-electron chi connectivity index (χ3n) is 10.6. The standard InChI is InChI=1S/C52H34/c1-4-16-35(17-5-1)42-30-29-41(34-47(42)36-18-6-2-7-19-36)50-44-26-14-15-27-45(44)51(46-31-28-38-22-12-13-25-43(38)52(46)50)49-33-40-24-11-10-23-39(40)32-48(49)37-20-8-3-9-21-37/h1-34H. The van der Waals surface area contributed by atoms with Crippen molar-refractivity contribution in [2.45, 2.75) is 0 Å². The molecule has 0 aliphatic rings. The van der Waals surface area contributed by atoms with Gasteiger partial charge in [-0.15, -0.1) is 0 Å². The topological polar surface area (TPSA) is 0 Å². The van der Waals surface area contributed by atoms with E-state index in [0.29, 0.717) is 0 Å². The Kier molecular flexibility index (Phi) is 7.25. The van der Waals surface area contributed by atoms with Crippen molar-refractivity contribution in [3.05, 3.63) is 206 Å². The summed E-state index contributed by atoms with van der Waals surface area (Å²) >= 11 is 0. The monoisotopic (exact) mass is 658 g/mol. The number of rotatable bonds is 5. The van der Waals surface area contributed by atoms with Gasteiger partial charge < -0.3 is 0 Å². The second-order valence-corrected chi connectivity index (χ2v) is 13.6. The van der Waals surface area contributed by atoms with Gasteiger partial charge in [0.25, 0.3) is 0 Å². The highest BCUT2D eigenvalue weighted by atomic mass is 14.2. The Hall–Kier alpha value is -6.76. The molecule has 0 spiro atoms. The van der Waals surface area contributed by atoms with Crippen LogP contribution < -0.4 is 0 Å². The Morgan fingerprint density at radius 3 is 1.29 bits per heavy atom. The van der Waals surface area contributed by atoms with Gasteiger partial charge in [0.15, 0.2) is 0 Å². The summed E-state index contributed by atoms with van der Waals surface area (Å²) in [6, 6.07) is 75.6. The van der Waals surface area contributed by atoms with Crippen LogP contribution in [0.2, 0.25) is 0 Å². The summed E-state index contributed by atoms with van der Waals surface area (Å²) in [5.74, 6) is 0. The van der Waals surface area contributed by atoms with Crippen LogP contribution in [0.15, 0.2) is 206 Å². The van der Waals surface area contributed by atoms with E-state index < -0.39 is 0 Å². The maximum absolute atomic E-state index is 2.42. The fourth-order valence-corrected chi connectivity index (χ4v) is 8.27. The molecule has 0 radical (unpaired) electrons. The summed E-state index contributed by atoms with van der Waals surface area (Å²) in [6.45, 7) is 0. The molecule has 52 heavy (non-hydrogen) atoms. The molecule has 10 aromatic rings. The zero-order valence-corrected chi connectivity index (χ0v) is 28.6. The molecule has 0 saturated heterocycles. The third-order valence-corrected chi connectivity index (χ3v) is 10.6. The highest BCUT2D eigenvalue weighted by Crippen LogP contribution is 2.49. The molecule has 10 rings (SSSR count). The van der Waals surface area contributed by atoms with E-state index in [1.807, 2.05) is 0 Å². The minimum atomic E-state index is 1.21. The summed E-state index contributed by atoms with van der Waals surface area (Å²) in [5, 5.41) is 10.0. The molecule has 0 fully saturated rings. The summed E-state index contributed by atoms with van der Waals surface area (Å²) in [7, 11) is 0. The fraction of sp³-hybridized carbons (Fsp3) is 0. The maximum atomic E-state index is 2.42. The predicted octanol–water partition coefficient (Wildman–Crippen LogP) is 14.6. The average Bonchev–Trinajstić information content (AvgIpc) is 3.23. The normalized spacial score (nSPS) is 11.5. The summed E-state index contributed by atoms with van der Waals surface area (Å²) in [6.07, 6.45) is 0. The largest absolute Gasteiger partial charge is 0.0622 e. The Morgan fingerprint density at radius 2 is 0.673 bits per heavy atom. The van der Waals surface area contributed by atoms with Crippen molar-refractivity contribution in [3.8, 4) is 55.6 Å². The second kappa shape index (κ2) is 12.5. The Labute approximate surface area is 303 Å². The van der Waals surface area contributed by atoms with E-state index in [2.05, 4.69) is 206 Å². The fourth-order valence-electron chi connectivity index (χ4n) is 8.27. The molecule has 0 heteroatoms. The molecule has 0 N–H and O–H groups in total. The highest BCUT2D eigenvalue weighted by Gasteiger charge is 2.22. The van der Waals surface area contributed by atoms with E-state index in [1.165, 1.54) is 98.7 Å². The molecule has 0 heterocycles. The van der Waals surface area contributed by atoms with Crippen molar-refractivity contribution in [2.75, 3.05) is 0 Å². The van der Waals surface area contributed by atoms with Crippen molar-refractivity contribution >= 4 is 43.1 Å². The molecular formula is C52H34. The molecule has 0 aliphatic carbocycles. The van der Waals surface area contributed by atoms with E-state index >= 15 is 0 Å². The third kappa shape index (κ3) is 5.00. The number of fused-ring (bicyclic) bond motifs is 5. The minimum absolute atomic E-state index is 1.21. The molecular weight excluding hydrogens is 625 g/mol. The van der Waals surface area contributed by atoms with Crippen LogP contribution in [0.5, 0.6) is 0 Å². The van der Waals surface area contributed by atoms with Crippen molar-refractivity contribution in [1.29, 1.82) is 0 Å². The van der Waals surface area contributed by atoms with E-state index in [1.54, 1.807) is 0 Å². The van der Waals surface area contributed by atoms with Crippen LogP contribution in [0.25, 0.3) is 98.7 Å². The summed E-state index contributed by atoms with van der Waals surface area (Å²) in [5.41, 5.74) is 12.3. The van der Waals surface area contributed by atoms with Crippen LogP contribution in [0, 0.1) is 0 Å².